The van der Waals surface area contributed by atoms with E-state index in [4.69, 9.17) is 32.7 Å². The van der Waals surface area contributed by atoms with Gasteiger partial charge in [0.25, 0.3) is 0 Å². The smallest absolute Gasteiger partial charge is 0.338 e. The molecular formula is C22H14Cl2O6S. The van der Waals surface area contributed by atoms with Crippen LogP contribution in [0, 0.1) is 0 Å². The Bertz CT molecular complexity index is 1300. The molecule has 0 bridgehead atoms. The van der Waals surface area contributed by atoms with Gasteiger partial charge >= 0.3 is 5.97 Å². The van der Waals surface area contributed by atoms with E-state index in [0.717, 1.165) is 6.07 Å². The molecule has 0 amide bonds. The molecule has 0 radical (unpaired) electrons. The molecule has 0 fully saturated rings. The molecule has 0 saturated heterocycles. The third kappa shape index (κ3) is 3.92. The van der Waals surface area contributed by atoms with E-state index in [9.17, 15) is 18.0 Å². The number of hydrogen-bond donors (Lipinski definition) is 0. The summed E-state index contributed by atoms with van der Waals surface area (Å²) in [6.07, 6.45) is 0. The van der Waals surface area contributed by atoms with E-state index < -0.39 is 21.6 Å². The van der Waals surface area contributed by atoms with E-state index >= 15 is 0 Å². The maximum atomic E-state index is 12.9. The van der Waals surface area contributed by atoms with Gasteiger partial charge in [-0.2, -0.15) is 0 Å². The maximum absolute atomic E-state index is 12.9. The van der Waals surface area contributed by atoms with Crippen molar-refractivity contribution in [1.29, 1.82) is 0 Å². The first-order valence-electron chi connectivity index (χ1n) is 9.07. The van der Waals surface area contributed by atoms with Crippen LogP contribution in [0.3, 0.4) is 0 Å². The van der Waals surface area contributed by atoms with Gasteiger partial charge < -0.3 is 9.47 Å². The van der Waals surface area contributed by atoms with Gasteiger partial charge in [0.1, 0.15) is 13.2 Å². The van der Waals surface area contributed by atoms with E-state index in [1.54, 1.807) is 24.3 Å². The van der Waals surface area contributed by atoms with Crippen LogP contribution in [0.15, 0.2) is 70.5 Å². The molecule has 6 nitrogen and oxygen atoms in total. The van der Waals surface area contributed by atoms with Gasteiger partial charge in [-0.05, 0) is 42.5 Å². The Morgan fingerprint density at radius 1 is 0.839 bits per heavy atom. The molecule has 158 valence electrons. The van der Waals surface area contributed by atoms with Gasteiger partial charge in [0, 0.05) is 11.1 Å². The number of fused-ring (bicyclic) bond motifs is 2. The number of para-hydroxylation sites is 1. The Labute approximate surface area is 188 Å². The normalized spacial score (nSPS) is 13.8. The number of hydrogen-bond acceptors (Lipinski definition) is 6. The van der Waals surface area contributed by atoms with E-state index in [-0.39, 0.29) is 45.4 Å². The first-order chi connectivity index (χ1) is 14.8. The van der Waals surface area contributed by atoms with Crippen molar-refractivity contribution >= 4 is 44.8 Å². The third-order valence-electron chi connectivity index (χ3n) is 4.65. The maximum Gasteiger partial charge on any atom is 0.338 e. The molecule has 9 heteroatoms. The van der Waals surface area contributed by atoms with E-state index in [1.807, 2.05) is 0 Å². The minimum absolute atomic E-state index is 0.00489. The van der Waals surface area contributed by atoms with Crippen LogP contribution in [0.25, 0.3) is 0 Å². The number of ketones is 1. The predicted molar refractivity (Wildman–Crippen MR) is 114 cm³/mol. The van der Waals surface area contributed by atoms with Gasteiger partial charge in [-0.25, -0.2) is 13.2 Å². The SMILES string of the molecule is O=C(OCCOc1c(Cl)cccc1Cl)c1ccc2c(c1)S(=O)(=O)c1ccccc1C2=O. The highest BCUT2D eigenvalue weighted by molar-refractivity contribution is 7.91. The standard InChI is InChI=1S/C22H14Cl2O6S/c23-16-5-3-6-17(24)21(16)29-10-11-30-22(26)13-8-9-15-19(12-13)31(27,28)18-7-2-1-4-14(18)20(15)25/h1-9,12H,10-11H2. The van der Waals surface area contributed by atoms with Crippen molar-refractivity contribution in [3.63, 3.8) is 0 Å². The van der Waals surface area contributed by atoms with Crippen LogP contribution < -0.4 is 4.74 Å². The van der Waals surface area contributed by atoms with Crippen molar-refractivity contribution in [2.45, 2.75) is 9.79 Å². The number of rotatable bonds is 5. The van der Waals surface area contributed by atoms with Gasteiger partial charge in [0.05, 0.1) is 25.4 Å². The molecule has 0 spiro atoms. The summed E-state index contributed by atoms with van der Waals surface area (Å²) in [6, 6.07) is 14.7. The van der Waals surface area contributed by atoms with E-state index in [1.165, 1.54) is 30.3 Å². The lowest BCUT2D eigenvalue weighted by Gasteiger charge is -2.19. The molecule has 1 heterocycles. The monoisotopic (exact) mass is 476 g/mol. The number of esters is 1. The minimum atomic E-state index is -3.94. The second-order valence-electron chi connectivity index (χ2n) is 6.57. The molecule has 0 aromatic heterocycles. The van der Waals surface area contributed by atoms with Gasteiger partial charge in [0.2, 0.25) is 9.84 Å². The second kappa shape index (κ2) is 8.34. The summed E-state index contributed by atoms with van der Waals surface area (Å²) in [5.41, 5.74) is 0.137. The first-order valence-corrected chi connectivity index (χ1v) is 11.3. The Morgan fingerprint density at radius 2 is 1.52 bits per heavy atom. The lowest BCUT2D eigenvalue weighted by Crippen LogP contribution is -2.21. The highest BCUT2D eigenvalue weighted by Crippen LogP contribution is 2.35. The highest BCUT2D eigenvalue weighted by atomic mass is 35.5. The summed E-state index contributed by atoms with van der Waals surface area (Å²) in [6.45, 7) is -0.129. The zero-order valence-corrected chi connectivity index (χ0v) is 18.1. The Morgan fingerprint density at radius 3 is 2.26 bits per heavy atom. The summed E-state index contributed by atoms with van der Waals surface area (Å²) < 4.78 is 36.5. The number of carbonyl (C=O) groups excluding carboxylic acids is 2. The zero-order chi connectivity index (χ0) is 22.2. The van der Waals surface area contributed by atoms with Crippen LogP contribution in [0.2, 0.25) is 10.0 Å². The van der Waals surface area contributed by atoms with Gasteiger partial charge in [-0.3, -0.25) is 4.79 Å². The first kappa shape index (κ1) is 21.4. The largest absolute Gasteiger partial charge is 0.487 e. The fourth-order valence-corrected chi connectivity index (χ4v) is 5.38. The second-order valence-corrected chi connectivity index (χ2v) is 9.28. The zero-order valence-electron chi connectivity index (χ0n) is 15.8. The van der Waals surface area contributed by atoms with Crippen molar-refractivity contribution in [3.8, 4) is 5.75 Å². The number of ether oxygens (including phenoxy) is 2. The van der Waals surface area contributed by atoms with Gasteiger partial charge in [0.15, 0.2) is 11.5 Å². The summed E-state index contributed by atoms with van der Waals surface area (Å²) in [4.78, 5) is 24.8. The summed E-state index contributed by atoms with van der Waals surface area (Å²) in [5, 5.41) is 0.646. The van der Waals surface area contributed by atoms with Gasteiger partial charge in [-0.1, -0.05) is 41.4 Å². The van der Waals surface area contributed by atoms with Crippen molar-refractivity contribution in [1.82, 2.24) is 0 Å². The van der Waals surface area contributed by atoms with Crippen molar-refractivity contribution in [3.05, 3.63) is 87.4 Å². The third-order valence-corrected chi connectivity index (χ3v) is 7.10. The van der Waals surface area contributed by atoms with Crippen LogP contribution in [0.5, 0.6) is 5.75 Å². The van der Waals surface area contributed by atoms with E-state index in [2.05, 4.69) is 0 Å². The Kier molecular flexibility index (Phi) is 5.75. The van der Waals surface area contributed by atoms with Gasteiger partial charge in [-0.15, -0.1) is 0 Å². The molecule has 0 saturated carbocycles. The molecule has 31 heavy (non-hydrogen) atoms. The quantitative estimate of drug-likeness (QED) is 0.308. The fourth-order valence-electron chi connectivity index (χ4n) is 3.19. The van der Waals surface area contributed by atoms with Crippen LogP contribution in [-0.2, 0) is 14.6 Å². The number of benzene rings is 3. The number of carbonyl (C=O) groups is 2. The Balaban J connectivity index is 1.50. The summed E-state index contributed by atoms with van der Waals surface area (Å²) >= 11 is 12.0. The van der Waals surface area contributed by atoms with E-state index in [0.29, 0.717) is 10.0 Å². The molecule has 3 aromatic rings. The molecule has 0 unspecified atom stereocenters. The molecule has 4 rings (SSSR count). The van der Waals surface area contributed by atoms with Crippen molar-refractivity contribution in [2.75, 3.05) is 13.2 Å². The van der Waals surface area contributed by atoms with Crippen molar-refractivity contribution in [2.24, 2.45) is 0 Å². The lowest BCUT2D eigenvalue weighted by molar-refractivity contribution is 0.0450. The molecular weight excluding hydrogens is 463 g/mol. The minimum Gasteiger partial charge on any atom is -0.487 e. The Hall–Kier alpha value is -2.87. The average molecular weight is 477 g/mol. The van der Waals surface area contributed by atoms with Crippen LogP contribution >= 0.6 is 23.2 Å². The molecule has 1 aliphatic rings. The summed E-state index contributed by atoms with van der Waals surface area (Å²) in [5.74, 6) is -0.887. The van der Waals surface area contributed by atoms with Crippen LogP contribution in [0.1, 0.15) is 26.3 Å². The summed E-state index contributed by atoms with van der Waals surface area (Å²) in [7, 11) is -3.94. The lowest BCUT2D eigenvalue weighted by atomic mass is 10.0. The molecule has 3 aromatic carbocycles. The number of sulfone groups is 1. The van der Waals surface area contributed by atoms with Crippen LogP contribution in [0.4, 0.5) is 0 Å². The topological polar surface area (TPSA) is 86.7 Å². The average Bonchev–Trinajstić information content (AvgIpc) is 2.76. The molecule has 1 aliphatic heterocycles. The predicted octanol–water partition coefficient (Wildman–Crippen LogP) is 4.61. The van der Waals surface area contributed by atoms with Crippen LogP contribution in [-0.4, -0.2) is 33.4 Å². The highest BCUT2D eigenvalue weighted by Gasteiger charge is 2.35. The fraction of sp³-hybridized carbons (Fsp3) is 0.0909. The molecule has 0 atom stereocenters. The molecule has 0 aliphatic carbocycles. The number of halogens is 2. The molecule has 0 N–H and O–H groups in total. The van der Waals surface area contributed by atoms with Crippen molar-refractivity contribution < 1.29 is 27.5 Å².